The number of nitrogens with one attached hydrogen (secondary N) is 1. The predicted molar refractivity (Wildman–Crippen MR) is 80.7 cm³/mol. The van der Waals surface area contributed by atoms with Crippen molar-refractivity contribution in [3.63, 3.8) is 0 Å². The van der Waals surface area contributed by atoms with E-state index in [1.165, 1.54) is 32.2 Å². The second-order valence-corrected chi connectivity index (χ2v) is 6.78. The molecule has 116 valence electrons. The number of nitrogens with zero attached hydrogens (tertiary/aromatic N) is 1. The molecule has 4 nitrogen and oxygen atoms in total. The summed E-state index contributed by atoms with van der Waals surface area (Å²) in [6.07, 6.45) is 7.07. The van der Waals surface area contributed by atoms with Crippen LogP contribution in [0, 0.1) is 5.92 Å². The van der Waals surface area contributed by atoms with E-state index in [9.17, 15) is 4.79 Å². The van der Waals surface area contributed by atoms with Crippen LogP contribution >= 0.6 is 0 Å². The fourth-order valence-corrected chi connectivity index (χ4v) is 2.74. The molecule has 0 aromatic rings. The fraction of sp³-hybridized carbons (Fsp3) is 0.938. The maximum Gasteiger partial charge on any atom is 0.326 e. The average molecular weight is 282 g/mol. The second-order valence-electron chi connectivity index (χ2n) is 6.78. The van der Waals surface area contributed by atoms with Gasteiger partial charge in [0.15, 0.2) is 0 Å². The molecule has 4 heteroatoms. The highest BCUT2D eigenvalue weighted by Gasteiger charge is 2.39. The molecular weight excluding hydrogens is 252 g/mol. The van der Waals surface area contributed by atoms with Crippen LogP contribution in [0.4, 0.5) is 0 Å². The maximum atomic E-state index is 12.2. The highest BCUT2D eigenvalue weighted by molar-refractivity contribution is 5.80. The Kier molecular flexibility index (Phi) is 5.44. The van der Waals surface area contributed by atoms with Crippen molar-refractivity contribution in [1.29, 1.82) is 0 Å². The normalized spacial score (nSPS) is 21.8. The Labute approximate surface area is 123 Å². The molecule has 1 N–H and O–H groups in total. The summed E-state index contributed by atoms with van der Waals surface area (Å²) in [5, 5.41) is 3.49. The average Bonchev–Trinajstić information content (AvgIpc) is 3.26. The number of carbonyl (C=O) groups is 1. The van der Waals surface area contributed by atoms with E-state index in [0.29, 0.717) is 12.6 Å². The highest BCUT2D eigenvalue weighted by atomic mass is 16.5. The van der Waals surface area contributed by atoms with Crippen LogP contribution < -0.4 is 5.32 Å². The van der Waals surface area contributed by atoms with Crippen molar-refractivity contribution >= 4 is 5.97 Å². The summed E-state index contributed by atoms with van der Waals surface area (Å²) in [4.78, 5) is 14.6. The second kappa shape index (κ2) is 6.90. The summed E-state index contributed by atoms with van der Waals surface area (Å²) in [6.45, 7) is 6.62. The molecule has 0 spiro atoms. The lowest BCUT2D eigenvalue weighted by Gasteiger charge is -2.29. The zero-order valence-corrected chi connectivity index (χ0v) is 13.3. The minimum Gasteiger partial charge on any atom is -0.465 e. The third kappa shape index (κ3) is 5.06. The van der Waals surface area contributed by atoms with Crippen molar-refractivity contribution in [2.24, 2.45) is 5.92 Å². The van der Waals surface area contributed by atoms with Gasteiger partial charge in [-0.3, -0.25) is 10.1 Å². The maximum absolute atomic E-state index is 12.2. The van der Waals surface area contributed by atoms with Gasteiger partial charge in [0.05, 0.1) is 6.61 Å². The molecule has 0 bridgehead atoms. The first kappa shape index (κ1) is 15.8. The van der Waals surface area contributed by atoms with E-state index in [1.807, 2.05) is 13.8 Å². The first-order valence-corrected chi connectivity index (χ1v) is 8.17. The minimum atomic E-state index is -0.502. The van der Waals surface area contributed by atoms with E-state index >= 15 is 0 Å². The van der Waals surface area contributed by atoms with Crippen LogP contribution in [-0.4, -0.2) is 49.2 Å². The summed E-state index contributed by atoms with van der Waals surface area (Å²) in [7, 11) is 2.19. The van der Waals surface area contributed by atoms with Crippen molar-refractivity contribution in [3.05, 3.63) is 0 Å². The Morgan fingerprint density at radius 3 is 2.60 bits per heavy atom. The van der Waals surface area contributed by atoms with E-state index in [0.717, 1.165) is 25.3 Å². The summed E-state index contributed by atoms with van der Waals surface area (Å²) in [5.41, 5.74) is -0.502. The van der Waals surface area contributed by atoms with E-state index < -0.39 is 5.54 Å². The van der Waals surface area contributed by atoms with Crippen LogP contribution in [0.5, 0.6) is 0 Å². The molecule has 0 aliphatic heterocycles. The molecule has 0 aromatic heterocycles. The quantitative estimate of drug-likeness (QED) is 0.624. The molecule has 2 rings (SSSR count). The smallest absolute Gasteiger partial charge is 0.326 e. The van der Waals surface area contributed by atoms with Crippen LogP contribution in [0.15, 0.2) is 0 Å². The standard InChI is InChI=1S/C16H30N2O2/c1-4-20-15(19)16(2,17-14-8-9-14)10-5-11-18(3)12-13-6-7-13/h13-14,17H,4-12H2,1-3H3. The van der Waals surface area contributed by atoms with Gasteiger partial charge in [-0.1, -0.05) is 0 Å². The van der Waals surface area contributed by atoms with Gasteiger partial charge in [-0.25, -0.2) is 0 Å². The molecule has 2 fully saturated rings. The Bertz CT molecular complexity index is 326. The first-order chi connectivity index (χ1) is 9.53. The molecule has 2 saturated carbocycles. The number of rotatable bonds is 10. The van der Waals surface area contributed by atoms with E-state index in [4.69, 9.17) is 4.74 Å². The molecule has 20 heavy (non-hydrogen) atoms. The topological polar surface area (TPSA) is 41.6 Å². The zero-order valence-electron chi connectivity index (χ0n) is 13.3. The number of carbonyl (C=O) groups excluding carboxylic acids is 1. The SMILES string of the molecule is CCOC(=O)C(C)(CCCN(C)CC1CC1)NC1CC1. The molecule has 2 aliphatic rings. The van der Waals surface area contributed by atoms with Gasteiger partial charge in [-0.2, -0.15) is 0 Å². The van der Waals surface area contributed by atoms with Gasteiger partial charge in [-0.15, -0.1) is 0 Å². The first-order valence-electron chi connectivity index (χ1n) is 8.17. The lowest BCUT2D eigenvalue weighted by molar-refractivity contribution is -0.151. The highest BCUT2D eigenvalue weighted by Crippen LogP contribution is 2.29. The van der Waals surface area contributed by atoms with Gasteiger partial charge in [0, 0.05) is 12.6 Å². The van der Waals surface area contributed by atoms with Crippen molar-refractivity contribution in [2.45, 2.75) is 64.0 Å². The summed E-state index contributed by atoms with van der Waals surface area (Å²) < 4.78 is 5.25. The molecule has 0 radical (unpaired) electrons. The van der Waals surface area contributed by atoms with Gasteiger partial charge < -0.3 is 9.64 Å². The van der Waals surface area contributed by atoms with Crippen LogP contribution in [-0.2, 0) is 9.53 Å². The zero-order chi connectivity index (χ0) is 14.6. The predicted octanol–water partition coefficient (Wildman–Crippen LogP) is 2.18. The molecule has 2 aliphatic carbocycles. The molecule has 0 saturated heterocycles. The summed E-state index contributed by atoms with van der Waals surface area (Å²) in [5.74, 6) is 0.845. The molecule has 0 amide bonds. The number of esters is 1. The number of ether oxygens (including phenoxy) is 1. The largest absolute Gasteiger partial charge is 0.465 e. The molecular formula is C16H30N2O2. The molecule has 1 atom stereocenters. The number of hydrogen-bond acceptors (Lipinski definition) is 4. The van der Waals surface area contributed by atoms with E-state index in [-0.39, 0.29) is 5.97 Å². The minimum absolute atomic E-state index is 0.0863. The van der Waals surface area contributed by atoms with E-state index in [1.54, 1.807) is 0 Å². The van der Waals surface area contributed by atoms with Gasteiger partial charge in [0.25, 0.3) is 0 Å². The Balaban J connectivity index is 1.74. The Morgan fingerprint density at radius 2 is 2.05 bits per heavy atom. The van der Waals surface area contributed by atoms with Crippen molar-refractivity contribution in [1.82, 2.24) is 10.2 Å². The van der Waals surface area contributed by atoms with Crippen LogP contribution in [0.25, 0.3) is 0 Å². The van der Waals surface area contributed by atoms with Gasteiger partial charge in [0.1, 0.15) is 5.54 Å². The molecule has 0 aromatic carbocycles. The molecule has 0 heterocycles. The Hall–Kier alpha value is -0.610. The third-order valence-electron chi connectivity index (χ3n) is 4.31. The fourth-order valence-electron chi connectivity index (χ4n) is 2.74. The lowest BCUT2D eigenvalue weighted by Crippen LogP contribution is -2.51. The van der Waals surface area contributed by atoms with Crippen molar-refractivity contribution < 1.29 is 9.53 Å². The molecule has 1 unspecified atom stereocenters. The van der Waals surface area contributed by atoms with Crippen LogP contribution in [0.3, 0.4) is 0 Å². The Morgan fingerprint density at radius 1 is 1.35 bits per heavy atom. The summed E-state index contributed by atoms with van der Waals surface area (Å²) >= 11 is 0. The van der Waals surface area contributed by atoms with Gasteiger partial charge in [-0.05, 0) is 71.9 Å². The van der Waals surface area contributed by atoms with Crippen molar-refractivity contribution in [3.8, 4) is 0 Å². The third-order valence-corrected chi connectivity index (χ3v) is 4.31. The van der Waals surface area contributed by atoms with Gasteiger partial charge in [0.2, 0.25) is 0 Å². The summed E-state index contributed by atoms with van der Waals surface area (Å²) in [6, 6.07) is 0.522. The lowest BCUT2D eigenvalue weighted by atomic mass is 9.95. The van der Waals surface area contributed by atoms with Crippen LogP contribution in [0.2, 0.25) is 0 Å². The number of hydrogen-bond donors (Lipinski definition) is 1. The van der Waals surface area contributed by atoms with E-state index in [2.05, 4.69) is 17.3 Å². The monoisotopic (exact) mass is 282 g/mol. The van der Waals surface area contributed by atoms with Crippen LogP contribution in [0.1, 0.15) is 52.4 Å². The van der Waals surface area contributed by atoms with Crippen molar-refractivity contribution in [2.75, 3.05) is 26.7 Å². The van der Waals surface area contributed by atoms with Gasteiger partial charge >= 0.3 is 5.97 Å².